The van der Waals surface area contributed by atoms with E-state index in [9.17, 15) is 0 Å². The Morgan fingerprint density at radius 2 is 1.30 bits per heavy atom. The Labute approximate surface area is 61.3 Å². The highest BCUT2D eigenvalue weighted by molar-refractivity contribution is 5.61. The molecule has 0 heterocycles. The standard InChI is InChI=1S/C10H12/c1-2-7(1)8-9(3-4-9)10(8)5-6-10/h1-6H2. The van der Waals surface area contributed by atoms with E-state index in [2.05, 4.69) is 0 Å². The molecule has 52 valence electrons. The average Bonchev–Trinajstić information content (AvgIpc) is 2.79. The van der Waals surface area contributed by atoms with Gasteiger partial charge in [0, 0.05) is 10.8 Å². The van der Waals surface area contributed by atoms with Gasteiger partial charge in [0.25, 0.3) is 0 Å². The summed E-state index contributed by atoms with van der Waals surface area (Å²) in [6, 6.07) is 0. The van der Waals surface area contributed by atoms with Crippen molar-refractivity contribution in [1.29, 1.82) is 0 Å². The molecule has 2 spiro atoms. The molecule has 0 saturated heterocycles. The fraction of sp³-hybridized carbons (Fsp3) is 0.800. The van der Waals surface area contributed by atoms with Crippen molar-refractivity contribution < 1.29 is 0 Å². The minimum Gasteiger partial charge on any atom is -0.0692 e. The van der Waals surface area contributed by atoms with Crippen LogP contribution in [-0.4, -0.2) is 0 Å². The van der Waals surface area contributed by atoms with Crippen LogP contribution in [0.25, 0.3) is 0 Å². The highest BCUT2D eigenvalue weighted by Gasteiger charge is 2.84. The van der Waals surface area contributed by atoms with Crippen molar-refractivity contribution in [3.8, 4) is 0 Å². The quantitative estimate of drug-likeness (QED) is 0.444. The third-order valence-electron chi connectivity index (χ3n) is 4.16. The van der Waals surface area contributed by atoms with Gasteiger partial charge in [0.1, 0.15) is 0 Å². The summed E-state index contributed by atoms with van der Waals surface area (Å²) >= 11 is 0. The molecule has 0 unspecified atom stereocenters. The molecule has 4 fully saturated rings. The first kappa shape index (κ1) is 4.58. The zero-order valence-electron chi connectivity index (χ0n) is 6.24. The molecule has 0 radical (unpaired) electrons. The maximum atomic E-state index is 1.99. The van der Waals surface area contributed by atoms with Gasteiger partial charge >= 0.3 is 0 Å². The zero-order chi connectivity index (χ0) is 6.40. The van der Waals surface area contributed by atoms with Gasteiger partial charge in [-0.1, -0.05) is 11.1 Å². The van der Waals surface area contributed by atoms with E-state index in [-0.39, 0.29) is 0 Å². The monoisotopic (exact) mass is 132 g/mol. The van der Waals surface area contributed by atoms with Crippen LogP contribution in [0.2, 0.25) is 0 Å². The van der Waals surface area contributed by atoms with Gasteiger partial charge < -0.3 is 0 Å². The molecule has 0 N–H and O–H groups in total. The third-order valence-corrected chi connectivity index (χ3v) is 4.16. The van der Waals surface area contributed by atoms with E-state index in [0.29, 0.717) is 0 Å². The van der Waals surface area contributed by atoms with E-state index in [1.807, 2.05) is 11.1 Å². The first-order valence-corrected chi connectivity index (χ1v) is 4.62. The van der Waals surface area contributed by atoms with E-state index in [1.54, 1.807) is 25.7 Å². The fourth-order valence-electron chi connectivity index (χ4n) is 3.33. The summed E-state index contributed by atoms with van der Waals surface area (Å²) in [5.41, 5.74) is 5.65. The van der Waals surface area contributed by atoms with Crippen LogP contribution in [0, 0.1) is 10.8 Å². The summed E-state index contributed by atoms with van der Waals surface area (Å²) in [7, 11) is 0. The number of hydrogen-bond donors (Lipinski definition) is 0. The van der Waals surface area contributed by atoms with Gasteiger partial charge in [-0.05, 0) is 38.5 Å². The van der Waals surface area contributed by atoms with Crippen LogP contribution in [0.3, 0.4) is 0 Å². The Morgan fingerprint density at radius 1 is 0.800 bits per heavy atom. The van der Waals surface area contributed by atoms with E-state index < -0.39 is 0 Å². The van der Waals surface area contributed by atoms with Crippen molar-refractivity contribution in [2.24, 2.45) is 10.8 Å². The lowest BCUT2D eigenvalue weighted by Crippen LogP contribution is -1.70. The summed E-state index contributed by atoms with van der Waals surface area (Å²) < 4.78 is 0. The van der Waals surface area contributed by atoms with Crippen LogP contribution in [0.4, 0.5) is 0 Å². The maximum Gasteiger partial charge on any atom is 0.00150 e. The predicted molar refractivity (Wildman–Crippen MR) is 39.6 cm³/mol. The van der Waals surface area contributed by atoms with Gasteiger partial charge in [0.05, 0.1) is 0 Å². The number of allylic oxidation sites excluding steroid dienone is 2. The molecule has 4 rings (SSSR count). The van der Waals surface area contributed by atoms with Gasteiger partial charge in [-0.25, -0.2) is 0 Å². The third kappa shape index (κ3) is 0.275. The lowest BCUT2D eigenvalue weighted by Gasteiger charge is -1.74. The van der Waals surface area contributed by atoms with Crippen LogP contribution in [0.1, 0.15) is 38.5 Å². The molecular formula is C10H12. The van der Waals surface area contributed by atoms with Gasteiger partial charge in [-0.3, -0.25) is 0 Å². The van der Waals surface area contributed by atoms with Crippen LogP contribution in [0.15, 0.2) is 11.1 Å². The molecule has 0 atom stereocenters. The molecule has 0 bridgehead atoms. The molecule has 0 aromatic heterocycles. The van der Waals surface area contributed by atoms with Crippen molar-refractivity contribution >= 4 is 0 Å². The van der Waals surface area contributed by atoms with Crippen LogP contribution in [-0.2, 0) is 0 Å². The Hall–Kier alpha value is -0.260. The number of rotatable bonds is 0. The number of fused-ring (bicyclic) bond motifs is 1. The van der Waals surface area contributed by atoms with Gasteiger partial charge in [0.15, 0.2) is 0 Å². The first-order valence-electron chi connectivity index (χ1n) is 4.62. The zero-order valence-corrected chi connectivity index (χ0v) is 6.24. The van der Waals surface area contributed by atoms with Crippen LogP contribution in [0.5, 0.6) is 0 Å². The molecule has 10 heavy (non-hydrogen) atoms. The molecule has 4 aliphatic carbocycles. The second-order valence-electron chi connectivity index (χ2n) is 4.64. The lowest BCUT2D eigenvalue weighted by atomic mass is 10.3. The van der Waals surface area contributed by atoms with Crippen molar-refractivity contribution in [3.63, 3.8) is 0 Å². The van der Waals surface area contributed by atoms with Crippen molar-refractivity contribution in [3.05, 3.63) is 11.1 Å². The average molecular weight is 132 g/mol. The molecule has 4 aliphatic rings. The normalized spacial score (nSPS) is 40.8. The highest BCUT2D eigenvalue weighted by Crippen LogP contribution is 2.93. The second-order valence-corrected chi connectivity index (χ2v) is 4.64. The summed E-state index contributed by atoms with van der Waals surface area (Å²) in [4.78, 5) is 0. The molecule has 0 aromatic rings. The van der Waals surface area contributed by atoms with E-state index in [0.717, 1.165) is 10.8 Å². The van der Waals surface area contributed by atoms with Crippen LogP contribution < -0.4 is 0 Å². The van der Waals surface area contributed by atoms with Gasteiger partial charge in [0.2, 0.25) is 0 Å². The first-order chi connectivity index (χ1) is 4.89. The smallest absolute Gasteiger partial charge is 0.00150 e. The van der Waals surface area contributed by atoms with Crippen LogP contribution >= 0.6 is 0 Å². The maximum absolute atomic E-state index is 1.99. The largest absolute Gasteiger partial charge is 0.0692 e. The molecule has 0 heteroatoms. The Bertz CT molecular complexity index is 236. The lowest BCUT2D eigenvalue weighted by molar-refractivity contribution is 0.716. The predicted octanol–water partition coefficient (Wildman–Crippen LogP) is 2.65. The summed E-state index contributed by atoms with van der Waals surface area (Å²) in [6.45, 7) is 0. The van der Waals surface area contributed by atoms with Crippen molar-refractivity contribution in [1.82, 2.24) is 0 Å². The van der Waals surface area contributed by atoms with Crippen molar-refractivity contribution in [2.45, 2.75) is 38.5 Å². The number of hydrogen-bond acceptors (Lipinski definition) is 0. The SMILES string of the molecule is C1CC1=C1C2(CC2)C12CC2. The summed E-state index contributed by atoms with van der Waals surface area (Å²) in [5, 5.41) is 0. The van der Waals surface area contributed by atoms with Gasteiger partial charge in [-0.15, -0.1) is 0 Å². The minimum atomic E-state index is 0.888. The molecule has 0 amide bonds. The topological polar surface area (TPSA) is 0 Å². The minimum absolute atomic E-state index is 0.888. The highest BCUT2D eigenvalue weighted by atomic mass is 14.9. The molecular weight excluding hydrogens is 120 g/mol. The van der Waals surface area contributed by atoms with E-state index in [4.69, 9.17) is 0 Å². The fourth-order valence-corrected chi connectivity index (χ4v) is 3.33. The summed E-state index contributed by atoms with van der Waals surface area (Å²) in [5.74, 6) is 0. The molecule has 0 aliphatic heterocycles. The van der Waals surface area contributed by atoms with Gasteiger partial charge in [-0.2, -0.15) is 0 Å². The molecule has 4 saturated carbocycles. The Balaban J connectivity index is 1.96. The van der Waals surface area contributed by atoms with E-state index in [1.165, 1.54) is 12.8 Å². The Kier molecular flexibility index (Phi) is 0.426. The van der Waals surface area contributed by atoms with Crippen molar-refractivity contribution in [2.75, 3.05) is 0 Å². The molecule has 0 aromatic carbocycles. The molecule has 0 nitrogen and oxygen atoms in total. The second kappa shape index (κ2) is 0.929. The summed E-state index contributed by atoms with van der Waals surface area (Å²) in [6.07, 6.45) is 9.19. The Morgan fingerprint density at radius 3 is 1.60 bits per heavy atom. The van der Waals surface area contributed by atoms with E-state index >= 15 is 0 Å².